The van der Waals surface area contributed by atoms with Crippen molar-refractivity contribution in [3.05, 3.63) is 71.2 Å². The molecule has 0 amide bonds. The summed E-state index contributed by atoms with van der Waals surface area (Å²) in [6.45, 7) is 0.158. The summed E-state index contributed by atoms with van der Waals surface area (Å²) < 4.78 is 33.1. The summed E-state index contributed by atoms with van der Waals surface area (Å²) in [5.41, 5.74) is 0.190. The molecule has 2 heterocycles. The molecule has 1 aromatic carbocycles. The van der Waals surface area contributed by atoms with Crippen LogP contribution in [0.2, 0.25) is 0 Å². The Morgan fingerprint density at radius 3 is 2.54 bits per heavy atom. The Hall–Kier alpha value is -2.71. The zero-order valence-corrected chi connectivity index (χ0v) is 13.4. The van der Waals surface area contributed by atoms with Gasteiger partial charge in [-0.3, -0.25) is 4.79 Å². The largest absolute Gasteiger partial charge is 0.463 e. The van der Waals surface area contributed by atoms with Crippen LogP contribution >= 0.6 is 0 Å². The Bertz CT molecular complexity index is 964. The van der Waals surface area contributed by atoms with Gasteiger partial charge in [0.25, 0.3) is 5.56 Å². The molecule has 0 aliphatic heterocycles. The van der Waals surface area contributed by atoms with Gasteiger partial charge in [-0.2, -0.15) is 5.10 Å². The first-order valence-corrected chi connectivity index (χ1v) is 8.71. The third-order valence-corrected chi connectivity index (χ3v) is 4.79. The number of aromatic nitrogens is 2. The predicted molar refractivity (Wildman–Crippen MR) is 87.8 cm³/mol. The van der Waals surface area contributed by atoms with Gasteiger partial charge in [0.1, 0.15) is 5.69 Å². The fourth-order valence-corrected chi connectivity index (χ4v) is 3.18. The lowest BCUT2D eigenvalue weighted by Crippen LogP contribution is -2.32. The first kappa shape index (κ1) is 16.2. The van der Waals surface area contributed by atoms with Crippen molar-refractivity contribution < 1.29 is 12.8 Å². The molecule has 3 aromatic rings. The summed E-state index contributed by atoms with van der Waals surface area (Å²) in [5.74, 6) is 0.536. The average molecular weight is 345 g/mol. The standard InChI is InChI=1S/C16H15N3O4S/c20-16-9-8-14(15-7-4-12-23-15)18-19(16)11-10-17-24(21,22)13-5-2-1-3-6-13/h1-9,12,17H,10-11H2. The lowest BCUT2D eigenvalue weighted by Gasteiger charge is -2.08. The van der Waals surface area contributed by atoms with Crippen LogP contribution in [0.15, 0.2) is 75.0 Å². The van der Waals surface area contributed by atoms with Gasteiger partial charge in [0.05, 0.1) is 17.7 Å². The highest BCUT2D eigenvalue weighted by molar-refractivity contribution is 7.89. The van der Waals surface area contributed by atoms with Gasteiger partial charge >= 0.3 is 0 Å². The van der Waals surface area contributed by atoms with Crippen LogP contribution in [0.5, 0.6) is 0 Å². The molecule has 0 radical (unpaired) electrons. The average Bonchev–Trinajstić information content (AvgIpc) is 3.12. The van der Waals surface area contributed by atoms with Gasteiger partial charge in [-0.05, 0) is 30.3 Å². The van der Waals surface area contributed by atoms with E-state index in [0.29, 0.717) is 11.5 Å². The molecule has 7 nitrogen and oxygen atoms in total. The molecule has 0 unspecified atom stereocenters. The first-order chi connectivity index (χ1) is 11.6. The topological polar surface area (TPSA) is 94.2 Å². The molecular formula is C16H15N3O4S. The number of nitrogens with one attached hydrogen (secondary N) is 1. The number of nitrogens with zero attached hydrogens (tertiary/aromatic N) is 2. The summed E-state index contributed by atoms with van der Waals surface area (Å²) in [6, 6.07) is 14.4. The normalized spacial score (nSPS) is 11.5. The second kappa shape index (κ2) is 6.81. The molecule has 0 fully saturated rings. The third-order valence-electron chi connectivity index (χ3n) is 3.31. The van der Waals surface area contributed by atoms with Gasteiger partial charge in [-0.15, -0.1) is 0 Å². The maximum atomic E-state index is 12.1. The molecule has 0 atom stereocenters. The zero-order valence-electron chi connectivity index (χ0n) is 12.6. The highest BCUT2D eigenvalue weighted by Crippen LogP contribution is 2.15. The maximum Gasteiger partial charge on any atom is 0.266 e. The van der Waals surface area contributed by atoms with Crippen molar-refractivity contribution in [1.82, 2.24) is 14.5 Å². The van der Waals surface area contributed by atoms with E-state index in [1.54, 1.807) is 36.4 Å². The molecule has 2 aromatic heterocycles. The van der Waals surface area contributed by atoms with Gasteiger partial charge in [-0.25, -0.2) is 17.8 Å². The van der Waals surface area contributed by atoms with Gasteiger partial charge in [0.2, 0.25) is 10.0 Å². The van der Waals surface area contributed by atoms with Crippen molar-refractivity contribution in [3.8, 4) is 11.5 Å². The molecule has 0 aliphatic carbocycles. The fraction of sp³-hybridized carbons (Fsp3) is 0.125. The van der Waals surface area contributed by atoms with E-state index in [4.69, 9.17) is 4.42 Å². The second-order valence-corrected chi connectivity index (χ2v) is 6.74. The summed E-state index contributed by atoms with van der Waals surface area (Å²) in [6.07, 6.45) is 1.51. The predicted octanol–water partition coefficient (Wildman–Crippen LogP) is 1.48. The maximum absolute atomic E-state index is 12.1. The third kappa shape index (κ3) is 3.61. The van der Waals surface area contributed by atoms with Crippen molar-refractivity contribution in [2.24, 2.45) is 0 Å². The van der Waals surface area contributed by atoms with Crippen LogP contribution in [0.3, 0.4) is 0 Å². The van der Waals surface area contributed by atoms with Gasteiger partial charge in [0, 0.05) is 12.6 Å². The van der Waals surface area contributed by atoms with Crippen LogP contribution in [0, 0.1) is 0 Å². The number of sulfonamides is 1. The summed E-state index contributed by atoms with van der Waals surface area (Å²) in [4.78, 5) is 12.0. The number of furan rings is 1. The minimum absolute atomic E-state index is 0.0474. The fourth-order valence-electron chi connectivity index (χ4n) is 2.13. The minimum atomic E-state index is -3.61. The van der Waals surface area contributed by atoms with E-state index in [1.165, 1.54) is 29.1 Å². The van der Waals surface area contributed by atoms with E-state index < -0.39 is 10.0 Å². The first-order valence-electron chi connectivity index (χ1n) is 7.23. The number of hydrogen-bond donors (Lipinski definition) is 1. The Morgan fingerprint density at radius 1 is 1.04 bits per heavy atom. The molecule has 24 heavy (non-hydrogen) atoms. The monoisotopic (exact) mass is 345 g/mol. The van der Waals surface area contributed by atoms with Crippen molar-refractivity contribution in [2.75, 3.05) is 6.54 Å². The highest BCUT2D eigenvalue weighted by atomic mass is 32.2. The van der Waals surface area contributed by atoms with E-state index >= 15 is 0 Å². The summed E-state index contributed by atoms with van der Waals surface area (Å²) in [7, 11) is -3.61. The molecule has 0 aliphatic rings. The Kier molecular flexibility index (Phi) is 4.59. The smallest absolute Gasteiger partial charge is 0.266 e. The Labute approximate surface area is 138 Å². The SMILES string of the molecule is O=c1ccc(-c2ccco2)nn1CCNS(=O)(=O)c1ccccc1. The van der Waals surface area contributed by atoms with E-state index in [-0.39, 0.29) is 23.5 Å². The minimum Gasteiger partial charge on any atom is -0.463 e. The molecule has 0 saturated carbocycles. The van der Waals surface area contributed by atoms with Gasteiger partial charge in [0.15, 0.2) is 5.76 Å². The number of hydrogen-bond acceptors (Lipinski definition) is 5. The van der Waals surface area contributed by atoms with Crippen molar-refractivity contribution in [1.29, 1.82) is 0 Å². The summed E-state index contributed by atoms with van der Waals surface area (Å²) in [5, 5.41) is 4.18. The molecule has 124 valence electrons. The van der Waals surface area contributed by atoms with Crippen LogP contribution in [0.4, 0.5) is 0 Å². The van der Waals surface area contributed by atoms with E-state index in [1.807, 2.05) is 0 Å². The molecule has 0 spiro atoms. The van der Waals surface area contributed by atoms with E-state index in [2.05, 4.69) is 9.82 Å². The molecule has 3 rings (SSSR count). The number of rotatable bonds is 6. The summed E-state index contributed by atoms with van der Waals surface area (Å²) >= 11 is 0. The van der Waals surface area contributed by atoms with Gasteiger partial charge < -0.3 is 4.42 Å². The van der Waals surface area contributed by atoms with E-state index in [9.17, 15) is 13.2 Å². The zero-order chi connectivity index (χ0) is 17.0. The van der Waals surface area contributed by atoms with E-state index in [0.717, 1.165) is 0 Å². The molecule has 1 N–H and O–H groups in total. The lowest BCUT2D eigenvalue weighted by molar-refractivity contribution is 0.539. The van der Waals surface area contributed by atoms with Crippen LogP contribution < -0.4 is 10.3 Å². The van der Waals surface area contributed by atoms with Crippen LogP contribution in [-0.2, 0) is 16.6 Å². The molecule has 0 bridgehead atoms. The Morgan fingerprint density at radius 2 is 1.83 bits per heavy atom. The molecule has 8 heteroatoms. The van der Waals surface area contributed by atoms with Crippen molar-refractivity contribution in [2.45, 2.75) is 11.4 Å². The van der Waals surface area contributed by atoms with Gasteiger partial charge in [-0.1, -0.05) is 18.2 Å². The van der Waals surface area contributed by atoms with Crippen LogP contribution in [0.1, 0.15) is 0 Å². The lowest BCUT2D eigenvalue weighted by atomic mass is 10.3. The molecule has 0 saturated heterocycles. The van der Waals surface area contributed by atoms with Crippen LogP contribution in [0.25, 0.3) is 11.5 Å². The quantitative estimate of drug-likeness (QED) is 0.730. The highest BCUT2D eigenvalue weighted by Gasteiger charge is 2.13. The van der Waals surface area contributed by atoms with Crippen molar-refractivity contribution in [3.63, 3.8) is 0 Å². The second-order valence-electron chi connectivity index (χ2n) is 4.97. The van der Waals surface area contributed by atoms with Crippen molar-refractivity contribution >= 4 is 10.0 Å². The number of benzene rings is 1. The molecular weight excluding hydrogens is 330 g/mol. The Balaban J connectivity index is 1.71. The van der Waals surface area contributed by atoms with Crippen LogP contribution in [-0.4, -0.2) is 24.7 Å².